The van der Waals surface area contributed by atoms with Gasteiger partial charge in [-0.3, -0.25) is 14.9 Å². The number of thiocarbonyl (C=S) groups is 1. The number of hydrogen-bond acceptors (Lipinski definition) is 4. The highest BCUT2D eigenvalue weighted by molar-refractivity contribution is 9.10. The largest absolute Gasteiger partial charge is 0.492 e. The molecule has 2 aromatic carbocycles. The first-order valence-electron chi connectivity index (χ1n) is 9.14. The van der Waals surface area contributed by atoms with Crippen molar-refractivity contribution in [2.75, 3.05) is 26.0 Å². The summed E-state index contributed by atoms with van der Waals surface area (Å²) in [6, 6.07) is 12.4. The normalized spacial score (nSPS) is 10.2. The molecule has 8 heteroatoms. The van der Waals surface area contributed by atoms with Crippen LogP contribution in [0.5, 0.6) is 5.75 Å². The van der Waals surface area contributed by atoms with Crippen LogP contribution >= 0.6 is 28.1 Å². The van der Waals surface area contributed by atoms with Crippen LogP contribution in [-0.4, -0.2) is 42.5 Å². The number of amides is 2. The highest BCUT2D eigenvalue weighted by atomic mass is 79.9. The molecule has 0 atom stereocenters. The number of nitrogens with zero attached hydrogens (tertiary/aromatic N) is 1. The number of carbonyl (C=O) groups excluding carboxylic acids is 2. The molecule has 2 aromatic rings. The lowest BCUT2D eigenvalue weighted by Crippen LogP contribution is -2.34. The smallest absolute Gasteiger partial charge is 0.257 e. The van der Waals surface area contributed by atoms with Crippen LogP contribution in [-0.2, 0) is 11.2 Å². The molecule has 0 aliphatic carbocycles. The van der Waals surface area contributed by atoms with Gasteiger partial charge in [0.1, 0.15) is 5.75 Å². The van der Waals surface area contributed by atoms with Crippen LogP contribution in [0.4, 0.5) is 5.69 Å². The molecule has 2 amide bonds. The first-order valence-corrected chi connectivity index (χ1v) is 10.3. The van der Waals surface area contributed by atoms with Gasteiger partial charge in [-0.15, -0.1) is 0 Å². The van der Waals surface area contributed by atoms with Crippen molar-refractivity contribution in [3.63, 3.8) is 0 Å². The molecule has 0 saturated carbocycles. The number of ether oxygens (including phenoxy) is 1. The van der Waals surface area contributed by atoms with Crippen molar-refractivity contribution in [2.45, 2.75) is 19.8 Å². The SMILES string of the molecule is CCCOc1ccc(C(=O)NC(=S)Nc2ccc(CC(=O)N(C)C)cc2)cc1Br. The molecule has 0 spiro atoms. The van der Waals surface area contributed by atoms with E-state index in [9.17, 15) is 9.59 Å². The number of anilines is 1. The predicted molar refractivity (Wildman–Crippen MR) is 122 cm³/mol. The molecule has 2 rings (SSSR count). The third kappa shape index (κ3) is 7.14. The minimum atomic E-state index is -0.321. The maximum Gasteiger partial charge on any atom is 0.257 e. The van der Waals surface area contributed by atoms with E-state index in [1.165, 1.54) is 0 Å². The Bertz CT molecular complexity index is 885. The Kier molecular flexibility index (Phi) is 8.60. The van der Waals surface area contributed by atoms with E-state index in [0.717, 1.165) is 17.7 Å². The van der Waals surface area contributed by atoms with Gasteiger partial charge < -0.3 is 15.0 Å². The third-order valence-corrected chi connectivity index (χ3v) is 4.77. The Morgan fingerprint density at radius 3 is 2.41 bits per heavy atom. The Balaban J connectivity index is 1.92. The van der Waals surface area contributed by atoms with Crippen molar-refractivity contribution in [2.24, 2.45) is 0 Å². The van der Waals surface area contributed by atoms with E-state index in [1.807, 2.05) is 31.2 Å². The average Bonchev–Trinajstić information content (AvgIpc) is 2.68. The lowest BCUT2D eigenvalue weighted by molar-refractivity contribution is -0.127. The maximum atomic E-state index is 12.4. The van der Waals surface area contributed by atoms with Crippen molar-refractivity contribution in [1.82, 2.24) is 10.2 Å². The Morgan fingerprint density at radius 2 is 1.83 bits per heavy atom. The van der Waals surface area contributed by atoms with Crippen LogP contribution in [0, 0.1) is 0 Å². The molecule has 0 aliphatic rings. The summed E-state index contributed by atoms with van der Waals surface area (Å²) in [6.45, 7) is 2.64. The molecule has 0 unspecified atom stereocenters. The molecular formula is C21H24BrN3O3S. The summed E-state index contributed by atoms with van der Waals surface area (Å²) >= 11 is 8.64. The van der Waals surface area contributed by atoms with E-state index in [1.54, 1.807) is 37.2 Å². The fourth-order valence-corrected chi connectivity index (χ4v) is 3.05. The average molecular weight is 478 g/mol. The molecule has 0 saturated heterocycles. The highest BCUT2D eigenvalue weighted by Gasteiger charge is 2.11. The number of carbonyl (C=O) groups is 2. The van der Waals surface area contributed by atoms with Gasteiger partial charge in [0, 0.05) is 25.3 Å². The molecule has 6 nitrogen and oxygen atoms in total. The van der Waals surface area contributed by atoms with Crippen LogP contribution in [0.15, 0.2) is 46.9 Å². The van der Waals surface area contributed by atoms with Gasteiger partial charge in [-0.05, 0) is 70.5 Å². The zero-order valence-electron chi connectivity index (χ0n) is 16.6. The standard InChI is InChI=1S/C21H24BrN3O3S/c1-4-11-28-18-10-7-15(13-17(18)22)20(27)24-21(29)23-16-8-5-14(6-9-16)12-19(26)25(2)3/h5-10,13H,4,11-12H2,1-3H3,(H2,23,24,27,29). The lowest BCUT2D eigenvalue weighted by atomic mass is 10.1. The van der Waals surface area contributed by atoms with Crippen LogP contribution in [0.25, 0.3) is 0 Å². The van der Waals surface area contributed by atoms with E-state index in [-0.39, 0.29) is 16.9 Å². The van der Waals surface area contributed by atoms with Crippen molar-refractivity contribution in [3.05, 3.63) is 58.1 Å². The van der Waals surface area contributed by atoms with Crippen LogP contribution in [0.1, 0.15) is 29.3 Å². The summed E-state index contributed by atoms with van der Waals surface area (Å²) in [5.74, 6) is 0.404. The zero-order chi connectivity index (χ0) is 21.4. The molecule has 0 heterocycles. The highest BCUT2D eigenvalue weighted by Crippen LogP contribution is 2.26. The van der Waals surface area contributed by atoms with Crippen LogP contribution in [0.3, 0.4) is 0 Å². The number of rotatable bonds is 7. The van der Waals surface area contributed by atoms with Gasteiger partial charge in [-0.1, -0.05) is 19.1 Å². The Hall–Kier alpha value is -2.45. The molecule has 29 heavy (non-hydrogen) atoms. The Labute approximate surface area is 184 Å². The number of hydrogen-bond donors (Lipinski definition) is 2. The fourth-order valence-electron chi connectivity index (χ4n) is 2.35. The second kappa shape index (κ2) is 10.9. The van der Waals surface area contributed by atoms with Gasteiger partial charge in [0.15, 0.2) is 5.11 Å². The summed E-state index contributed by atoms with van der Waals surface area (Å²) in [5.41, 5.74) is 2.09. The van der Waals surface area contributed by atoms with Crippen molar-refractivity contribution in [3.8, 4) is 5.75 Å². The van der Waals surface area contributed by atoms with E-state index < -0.39 is 0 Å². The molecule has 0 radical (unpaired) electrons. The van der Waals surface area contributed by atoms with Crippen molar-refractivity contribution >= 4 is 50.8 Å². The molecule has 0 bridgehead atoms. The molecule has 0 aromatic heterocycles. The molecule has 0 fully saturated rings. The molecule has 154 valence electrons. The number of benzene rings is 2. The van der Waals surface area contributed by atoms with E-state index in [2.05, 4.69) is 26.6 Å². The molecule has 0 aliphatic heterocycles. The summed E-state index contributed by atoms with van der Waals surface area (Å²) < 4.78 is 6.30. The van der Waals surface area contributed by atoms with Crippen LogP contribution < -0.4 is 15.4 Å². The fraction of sp³-hybridized carbons (Fsp3) is 0.286. The Morgan fingerprint density at radius 1 is 1.14 bits per heavy atom. The molecular weight excluding hydrogens is 454 g/mol. The number of nitrogens with one attached hydrogen (secondary N) is 2. The van der Waals surface area contributed by atoms with Gasteiger partial charge in [-0.25, -0.2) is 0 Å². The van der Waals surface area contributed by atoms with Crippen molar-refractivity contribution < 1.29 is 14.3 Å². The minimum absolute atomic E-state index is 0.0331. The monoisotopic (exact) mass is 477 g/mol. The quantitative estimate of drug-likeness (QED) is 0.589. The first-order chi connectivity index (χ1) is 13.8. The first kappa shape index (κ1) is 22.8. The van der Waals surface area contributed by atoms with Gasteiger partial charge in [0.25, 0.3) is 5.91 Å². The molecule has 2 N–H and O–H groups in total. The van der Waals surface area contributed by atoms with E-state index in [0.29, 0.717) is 28.8 Å². The van der Waals surface area contributed by atoms with Crippen LogP contribution in [0.2, 0.25) is 0 Å². The minimum Gasteiger partial charge on any atom is -0.492 e. The second-order valence-corrected chi connectivity index (χ2v) is 7.83. The van der Waals surface area contributed by atoms with Gasteiger partial charge >= 0.3 is 0 Å². The van der Waals surface area contributed by atoms with Gasteiger partial charge in [0.2, 0.25) is 5.91 Å². The number of halogens is 1. The second-order valence-electron chi connectivity index (χ2n) is 6.56. The summed E-state index contributed by atoms with van der Waals surface area (Å²) in [4.78, 5) is 25.7. The topological polar surface area (TPSA) is 70.7 Å². The lowest BCUT2D eigenvalue weighted by Gasteiger charge is -2.12. The summed E-state index contributed by atoms with van der Waals surface area (Å²) in [7, 11) is 3.45. The zero-order valence-corrected chi connectivity index (χ0v) is 19.0. The maximum absolute atomic E-state index is 12.4. The summed E-state index contributed by atoms with van der Waals surface area (Å²) in [6.07, 6.45) is 1.24. The van der Waals surface area contributed by atoms with Gasteiger partial charge in [-0.2, -0.15) is 0 Å². The van der Waals surface area contributed by atoms with Crippen molar-refractivity contribution in [1.29, 1.82) is 0 Å². The van der Waals surface area contributed by atoms with Gasteiger partial charge in [0.05, 0.1) is 17.5 Å². The summed E-state index contributed by atoms with van der Waals surface area (Å²) in [5, 5.41) is 5.81. The van der Waals surface area contributed by atoms with E-state index >= 15 is 0 Å². The number of likely N-dealkylation sites (N-methyl/N-ethyl adjacent to an activating group) is 1. The third-order valence-electron chi connectivity index (χ3n) is 3.95. The predicted octanol–water partition coefficient (Wildman–Crippen LogP) is 4.00. The van der Waals surface area contributed by atoms with E-state index in [4.69, 9.17) is 17.0 Å².